The Labute approximate surface area is 73.7 Å². The summed E-state index contributed by atoms with van der Waals surface area (Å²) in [6.07, 6.45) is 1.79. The summed E-state index contributed by atoms with van der Waals surface area (Å²) in [5.74, 6) is -0.00641. The molecule has 3 nitrogen and oxygen atoms in total. The van der Waals surface area contributed by atoms with Crippen molar-refractivity contribution < 1.29 is 4.79 Å². The third kappa shape index (κ3) is 1.97. The van der Waals surface area contributed by atoms with Gasteiger partial charge in [-0.1, -0.05) is 20.8 Å². The normalized spacial score (nSPS) is 27.8. The summed E-state index contributed by atoms with van der Waals surface area (Å²) >= 11 is 0. The average Bonchev–Trinajstić information content (AvgIpc) is 2.57. The van der Waals surface area contributed by atoms with Gasteiger partial charge in [0.2, 0.25) is 5.91 Å². The minimum atomic E-state index is -0.332. The van der Waals surface area contributed by atoms with E-state index >= 15 is 0 Å². The van der Waals surface area contributed by atoms with E-state index in [0.717, 1.165) is 6.42 Å². The number of carbonyl (C=O) groups excluding carboxylic acids is 1. The zero-order chi connectivity index (χ0) is 9.35. The Hall–Kier alpha value is -0.570. The van der Waals surface area contributed by atoms with E-state index in [0.29, 0.717) is 17.9 Å². The Morgan fingerprint density at radius 3 is 2.58 bits per heavy atom. The largest absolute Gasteiger partial charge is 0.351 e. The lowest BCUT2D eigenvalue weighted by molar-refractivity contribution is -0.122. The Morgan fingerprint density at radius 2 is 2.25 bits per heavy atom. The van der Waals surface area contributed by atoms with E-state index in [1.807, 2.05) is 6.92 Å². The number of nitrogens with two attached hydrogens (primary N) is 1. The molecule has 0 aromatic heterocycles. The highest BCUT2D eigenvalue weighted by Gasteiger charge is 2.46. The maximum absolute atomic E-state index is 11.3. The van der Waals surface area contributed by atoms with Gasteiger partial charge in [0.05, 0.1) is 6.04 Å². The molecule has 0 aliphatic heterocycles. The van der Waals surface area contributed by atoms with E-state index in [-0.39, 0.29) is 11.9 Å². The minimum absolute atomic E-state index is 0.00641. The van der Waals surface area contributed by atoms with Gasteiger partial charge in [-0.3, -0.25) is 4.79 Å². The lowest BCUT2D eigenvalue weighted by Crippen LogP contribution is -2.42. The van der Waals surface area contributed by atoms with Gasteiger partial charge in [-0.15, -0.1) is 0 Å². The zero-order valence-electron chi connectivity index (χ0n) is 8.05. The summed E-state index contributed by atoms with van der Waals surface area (Å²) in [5.41, 5.74) is 5.86. The lowest BCUT2D eigenvalue weighted by atomic mass is 10.2. The maximum atomic E-state index is 11.3. The summed E-state index contributed by atoms with van der Waals surface area (Å²) in [4.78, 5) is 11.3. The third-order valence-electron chi connectivity index (χ3n) is 2.61. The van der Waals surface area contributed by atoms with E-state index < -0.39 is 0 Å². The van der Waals surface area contributed by atoms with Gasteiger partial charge in [0, 0.05) is 6.04 Å². The molecule has 1 aliphatic carbocycles. The molecule has 70 valence electrons. The molecule has 1 saturated carbocycles. The fourth-order valence-electron chi connectivity index (χ4n) is 1.18. The van der Waals surface area contributed by atoms with Gasteiger partial charge >= 0.3 is 0 Å². The number of hydrogen-bond acceptors (Lipinski definition) is 2. The minimum Gasteiger partial charge on any atom is -0.351 e. The molecule has 0 aromatic rings. The topological polar surface area (TPSA) is 55.1 Å². The van der Waals surface area contributed by atoms with E-state index in [1.54, 1.807) is 0 Å². The van der Waals surface area contributed by atoms with Crippen LogP contribution in [0.1, 0.15) is 33.6 Å². The van der Waals surface area contributed by atoms with Crippen molar-refractivity contribution in [2.75, 3.05) is 0 Å². The van der Waals surface area contributed by atoms with Crippen molar-refractivity contribution >= 4 is 5.91 Å². The molecule has 0 aromatic carbocycles. The van der Waals surface area contributed by atoms with E-state index in [1.165, 1.54) is 0 Å². The van der Waals surface area contributed by atoms with Crippen LogP contribution in [0.5, 0.6) is 0 Å². The van der Waals surface area contributed by atoms with Crippen LogP contribution in [0.15, 0.2) is 0 Å². The highest BCUT2D eigenvalue weighted by Crippen LogP contribution is 2.44. The average molecular weight is 170 g/mol. The molecule has 3 N–H and O–H groups in total. The van der Waals surface area contributed by atoms with Gasteiger partial charge < -0.3 is 11.1 Å². The van der Waals surface area contributed by atoms with Crippen LogP contribution in [0.2, 0.25) is 0 Å². The van der Waals surface area contributed by atoms with Gasteiger partial charge in [0.1, 0.15) is 0 Å². The lowest BCUT2D eigenvalue weighted by Gasteiger charge is -2.10. The Morgan fingerprint density at radius 1 is 1.75 bits per heavy atom. The predicted molar refractivity (Wildman–Crippen MR) is 48.6 cm³/mol. The van der Waals surface area contributed by atoms with Crippen LogP contribution in [0.4, 0.5) is 0 Å². The van der Waals surface area contributed by atoms with Crippen molar-refractivity contribution in [2.45, 2.75) is 45.7 Å². The predicted octanol–water partition coefficient (Wildman–Crippen LogP) is 0.638. The van der Waals surface area contributed by atoms with Crippen molar-refractivity contribution in [2.24, 2.45) is 11.1 Å². The molecule has 2 atom stereocenters. The highest BCUT2D eigenvalue weighted by molar-refractivity contribution is 5.82. The molecular formula is C9H18N2O. The van der Waals surface area contributed by atoms with Crippen LogP contribution in [-0.2, 0) is 4.79 Å². The molecule has 0 radical (unpaired) electrons. The van der Waals surface area contributed by atoms with Crippen molar-refractivity contribution in [3.63, 3.8) is 0 Å². The van der Waals surface area contributed by atoms with Crippen molar-refractivity contribution in [1.29, 1.82) is 0 Å². The van der Waals surface area contributed by atoms with Crippen LogP contribution in [0.25, 0.3) is 0 Å². The molecule has 0 spiro atoms. The van der Waals surface area contributed by atoms with Crippen LogP contribution < -0.4 is 11.1 Å². The molecule has 0 heterocycles. The number of nitrogens with one attached hydrogen (secondary N) is 1. The quantitative estimate of drug-likeness (QED) is 0.653. The van der Waals surface area contributed by atoms with Crippen LogP contribution in [0.3, 0.4) is 0 Å². The number of amides is 1. The standard InChI is InChI=1S/C9H18N2O/c1-4-6(10)8(12)11-7-5-9(7,2)3/h6-7H,4-5,10H2,1-3H3,(H,11,12)/t6-,7?/m1/s1. The summed E-state index contributed by atoms with van der Waals surface area (Å²) in [6, 6.07) is 0.0176. The first kappa shape index (κ1) is 9.52. The summed E-state index contributed by atoms with van der Waals surface area (Å²) < 4.78 is 0. The summed E-state index contributed by atoms with van der Waals surface area (Å²) in [6.45, 7) is 6.22. The second-order valence-electron chi connectivity index (χ2n) is 4.27. The van der Waals surface area contributed by atoms with Crippen molar-refractivity contribution in [1.82, 2.24) is 5.32 Å². The summed E-state index contributed by atoms with van der Waals surface area (Å²) in [7, 11) is 0. The molecule has 1 amide bonds. The van der Waals surface area contributed by atoms with E-state index in [9.17, 15) is 4.79 Å². The fraction of sp³-hybridized carbons (Fsp3) is 0.889. The van der Waals surface area contributed by atoms with E-state index in [4.69, 9.17) is 5.73 Å². The first-order valence-corrected chi connectivity index (χ1v) is 4.53. The van der Waals surface area contributed by atoms with Gasteiger partial charge in [0.25, 0.3) is 0 Å². The SMILES string of the molecule is CC[C@@H](N)C(=O)NC1CC1(C)C. The van der Waals surface area contributed by atoms with Gasteiger partial charge in [-0.2, -0.15) is 0 Å². The number of hydrogen-bond donors (Lipinski definition) is 2. The van der Waals surface area contributed by atoms with Crippen molar-refractivity contribution in [3.8, 4) is 0 Å². The van der Waals surface area contributed by atoms with E-state index in [2.05, 4.69) is 19.2 Å². The maximum Gasteiger partial charge on any atom is 0.237 e. The Balaban J connectivity index is 2.29. The molecule has 0 saturated heterocycles. The van der Waals surface area contributed by atoms with Crippen LogP contribution in [0, 0.1) is 5.41 Å². The Kier molecular flexibility index (Phi) is 2.42. The number of rotatable bonds is 3. The van der Waals surface area contributed by atoms with Gasteiger partial charge in [-0.25, -0.2) is 0 Å². The van der Waals surface area contributed by atoms with Crippen LogP contribution >= 0.6 is 0 Å². The molecule has 1 rings (SSSR count). The molecule has 1 aliphatic rings. The molecule has 12 heavy (non-hydrogen) atoms. The third-order valence-corrected chi connectivity index (χ3v) is 2.61. The zero-order valence-corrected chi connectivity index (χ0v) is 8.05. The van der Waals surface area contributed by atoms with Crippen LogP contribution in [-0.4, -0.2) is 18.0 Å². The first-order chi connectivity index (χ1) is 5.47. The van der Waals surface area contributed by atoms with Gasteiger partial charge in [-0.05, 0) is 18.3 Å². The first-order valence-electron chi connectivity index (χ1n) is 4.53. The second-order valence-corrected chi connectivity index (χ2v) is 4.27. The molecule has 1 fully saturated rings. The molecule has 3 heteroatoms. The highest BCUT2D eigenvalue weighted by atomic mass is 16.2. The van der Waals surface area contributed by atoms with Gasteiger partial charge in [0.15, 0.2) is 0 Å². The molecule has 0 bridgehead atoms. The fourth-order valence-corrected chi connectivity index (χ4v) is 1.18. The van der Waals surface area contributed by atoms with Crippen molar-refractivity contribution in [3.05, 3.63) is 0 Å². The number of carbonyl (C=O) groups is 1. The smallest absolute Gasteiger partial charge is 0.237 e. The molecular weight excluding hydrogens is 152 g/mol. The molecule has 1 unspecified atom stereocenters. The second kappa shape index (κ2) is 3.05. The Bertz CT molecular complexity index is 189. The summed E-state index contributed by atoms with van der Waals surface area (Å²) in [5, 5.41) is 2.93. The monoisotopic (exact) mass is 170 g/mol.